The average molecular weight is 327 g/mol. The number of ketones is 1. The van der Waals surface area contributed by atoms with Crippen LogP contribution in [0.2, 0.25) is 5.02 Å². The van der Waals surface area contributed by atoms with Crippen LogP contribution in [-0.4, -0.2) is 20.7 Å². The van der Waals surface area contributed by atoms with E-state index in [1.807, 2.05) is 0 Å². The Balaban J connectivity index is 2.99. The molecule has 0 fully saturated rings. The highest BCUT2D eigenvalue weighted by Crippen LogP contribution is 2.25. The number of benzene rings is 1. The zero-order valence-electron chi connectivity index (χ0n) is 8.33. The second-order valence-electron chi connectivity index (χ2n) is 3.10. The first-order chi connectivity index (χ1) is 7.33. The largest absolute Gasteiger partial charge is 0.299 e. The van der Waals surface area contributed by atoms with E-state index in [1.165, 1.54) is 25.1 Å². The Morgan fingerprint density at radius 1 is 1.50 bits per heavy atom. The van der Waals surface area contributed by atoms with Gasteiger partial charge in [-0.25, -0.2) is 13.1 Å². The molecule has 0 radical (unpaired) electrons. The fraction of sp³-hybridized carbons (Fsp3) is 0.222. The molecule has 4 nitrogen and oxygen atoms in total. The van der Waals surface area contributed by atoms with Crippen LogP contribution in [0.3, 0.4) is 0 Å². The van der Waals surface area contributed by atoms with Gasteiger partial charge in [-0.3, -0.25) is 4.79 Å². The Kier molecular flexibility index (Phi) is 4.49. The molecule has 1 aromatic carbocycles. The number of Topliss-reactive ketones (excluding diaryl/α,β-unsaturated/α-hetero) is 1. The van der Waals surface area contributed by atoms with Crippen LogP contribution in [0.15, 0.2) is 27.6 Å². The Morgan fingerprint density at radius 2 is 2.12 bits per heavy atom. The third-order valence-electron chi connectivity index (χ3n) is 1.71. The van der Waals surface area contributed by atoms with E-state index in [4.69, 9.17) is 11.6 Å². The second kappa shape index (κ2) is 5.27. The van der Waals surface area contributed by atoms with Gasteiger partial charge in [-0.15, -0.1) is 0 Å². The second-order valence-corrected chi connectivity index (χ2v) is 6.13. The van der Waals surface area contributed by atoms with Crippen LogP contribution in [0.4, 0.5) is 0 Å². The molecule has 1 rings (SSSR count). The number of sulfonamides is 1. The molecule has 0 aromatic heterocycles. The monoisotopic (exact) mass is 325 g/mol. The molecule has 1 aromatic rings. The maximum Gasteiger partial charge on any atom is 0.241 e. The van der Waals surface area contributed by atoms with Crippen LogP contribution in [0.5, 0.6) is 0 Å². The lowest BCUT2D eigenvalue weighted by atomic mass is 10.4. The maximum atomic E-state index is 11.7. The van der Waals surface area contributed by atoms with Crippen LogP contribution in [0.1, 0.15) is 6.92 Å². The summed E-state index contributed by atoms with van der Waals surface area (Å²) in [7, 11) is -3.65. The van der Waals surface area contributed by atoms with Gasteiger partial charge in [-0.05, 0) is 41.1 Å². The van der Waals surface area contributed by atoms with E-state index in [9.17, 15) is 13.2 Å². The van der Waals surface area contributed by atoms with E-state index >= 15 is 0 Å². The molecule has 1 N–H and O–H groups in total. The van der Waals surface area contributed by atoms with Gasteiger partial charge in [-0.1, -0.05) is 11.6 Å². The van der Waals surface area contributed by atoms with Gasteiger partial charge in [0.15, 0.2) is 0 Å². The average Bonchev–Trinajstić information content (AvgIpc) is 2.19. The fourth-order valence-electron chi connectivity index (χ4n) is 0.924. The summed E-state index contributed by atoms with van der Waals surface area (Å²) < 4.78 is 26.0. The van der Waals surface area contributed by atoms with Crippen LogP contribution >= 0.6 is 27.5 Å². The number of halogens is 2. The Hall–Kier alpha value is -0.430. The summed E-state index contributed by atoms with van der Waals surface area (Å²) >= 11 is 8.87. The Labute approximate surface area is 107 Å². The maximum absolute atomic E-state index is 11.7. The quantitative estimate of drug-likeness (QED) is 0.920. The molecule has 0 unspecified atom stereocenters. The number of carbonyl (C=O) groups is 1. The van der Waals surface area contributed by atoms with Crippen molar-refractivity contribution in [3.05, 3.63) is 27.7 Å². The first-order valence-corrected chi connectivity index (χ1v) is 6.92. The molecule has 0 amide bonds. The number of hydrogen-bond donors (Lipinski definition) is 1. The molecule has 0 spiro atoms. The van der Waals surface area contributed by atoms with Crippen LogP contribution in [0, 0.1) is 0 Å². The first-order valence-electron chi connectivity index (χ1n) is 4.27. The molecular weight excluding hydrogens is 318 g/mol. The van der Waals surface area contributed by atoms with E-state index in [2.05, 4.69) is 20.7 Å². The van der Waals surface area contributed by atoms with Crippen molar-refractivity contribution in [1.82, 2.24) is 4.72 Å². The molecule has 88 valence electrons. The van der Waals surface area contributed by atoms with E-state index < -0.39 is 10.0 Å². The number of hydrogen-bond acceptors (Lipinski definition) is 3. The summed E-state index contributed by atoms with van der Waals surface area (Å²) in [4.78, 5) is 10.7. The van der Waals surface area contributed by atoms with Gasteiger partial charge >= 0.3 is 0 Å². The molecule has 0 aliphatic carbocycles. The number of rotatable bonds is 4. The van der Waals surface area contributed by atoms with E-state index in [1.54, 1.807) is 0 Å². The summed E-state index contributed by atoms with van der Waals surface area (Å²) in [5, 5.41) is 0.422. The zero-order chi connectivity index (χ0) is 12.3. The minimum Gasteiger partial charge on any atom is -0.299 e. The van der Waals surface area contributed by atoms with Gasteiger partial charge in [0.1, 0.15) is 5.78 Å². The molecule has 0 heterocycles. The molecule has 0 bridgehead atoms. The van der Waals surface area contributed by atoms with Gasteiger partial charge in [0, 0.05) is 4.47 Å². The molecule has 0 aliphatic heterocycles. The van der Waals surface area contributed by atoms with Crippen molar-refractivity contribution in [2.45, 2.75) is 11.8 Å². The van der Waals surface area contributed by atoms with Crippen LogP contribution in [0.25, 0.3) is 0 Å². The predicted molar refractivity (Wildman–Crippen MR) is 65.0 cm³/mol. The van der Waals surface area contributed by atoms with Crippen molar-refractivity contribution < 1.29 is 13.2 Å². The molecule has 0 saturated carbocycles. The minimum absolute atomic E-state index is 0.0602. The van der Waals surface area contributed by atoms with Gasteiger partial charge in [-0.2, -0.15) is 0 Å². The predicted octanol–water partition coefficient (Wildman–Crippen LogP) is 1.97. The van der Waals surface area contributed by atoms with Crippen molar-refractivity contribution in [2.75, 3.05) is 6.54 Å². The molecule has 0 saturated heterocycles. The molecular formula is C9H9BrClNO3S. The van der Waals surface area contributed by atoms with Gasteiger partial charge in [0.2, 0.25) is 10.0 Å². The molecule has 16 heavy (non-hydrogen) atoms. The standard InChI is InChI=1S/C9H9BrClNO3S/c1-6(13)5-12-16(14,15)7-2-3-9(11)8(10)4-7/h2-4,12H,5H2,1H3. The molecule has 0 atom stereocenters. The van der Waals surface area contributed by atoms with Gasteiger partial charge < -0.3 is 0 Å². The first kappa shape index (κ1) is 13.6. The lowest BCUT2D eigenvalue weighted by Gasteiger charge is -2.05. The van der Waals surface area contributed by atoms with E-state index in [0.717, 1.165) is 0 Å². The smallest absolute Gasteiger partial charge is 0.241 e. The topological polar surface area (TPSA) is 63.2 Å². The normalized spacial score (nSPS) is 11.4. The summed E-state index contributed by atoms with van der Waals surface area (Å²) in [6, 6.07) is 4.22. The summed E-state index contributed by atoms with van der Waals surface area (Å²) in [5.74, 6) is -0.253. The van der Waals surface area contributed by atoms with Gasteiger partial charge in [0.25, 0.3) is 0 Å². The van der Waals surface area contributed by atoms with Gasteiger partial charge in [0.05, 0.1) is 16.5 Å². The van der Waals surface area contributed by atoms with Crippen LogP contribution in [-0.2, 0) is 14.8 Å². The minimum atomic E-state index is -3.65. The Bertz CT molecular complexity index is 515. The summed E-state index contributed by atoms with van der Waals surface area (Å²) in [6.45, 7) is 1.09. The number of nitrogens with one attached hydrogen (secondary N) is 1. The summed E-state index contributed by atoms with van der Waals surface area (Å²) in [6.07, 6.45) is 0. The van der Waals surface area contributed by atoms with Crippen molar-refractivity contribution in [3.8, 4) is 0 Å². The van der Waals surface area contributed by atoms with E-state index in [0.29, 0.717) is 9.50 Å². The lowest BCUT2D eigenvalue weighted by molar-refractivity contribution is -0.115. The highest BCUT2D eigenvalue weighted by molar-refractivity contribution is 9.10. The number of carbonyl (C=O) groups excluding carboxylic acids is 1. The molecule has 7 heteroatoms. The zero-order valence-corrected chi connectivity index (χ0v) is 11.5. The molecule has 0 aliphatic rings. The SMILES string of the molecule is CC(=O)CNS(=O)(=O)c1ccc(Cl)c(Br)c1. The van der Waals surface area contributed by atoms with Crippen molar-refractivity contribution in [3.63, 3.8) is 0 Å². The fourth-order valence-corrected chi connectivity index (χ4v) is 2.65. The van der Waals surface area contributed by atoms with Crippen molar-refractivity contribution in [1.29, 1.82) is 0 Å². The highest BCUT2D eigenvalue weighted by atomic mass is 79.9. The highest BCUT2D eigenvalue weighted by Gasteiger charge is 2.15. The Morgan fingerprint density at radius 3 is 2.62 bits per heavy atom. The van der Waals surface area contributed by atoms with Crippen molar-refractivity contribution >= 4 is 43.3 Å². The third kappa shape index (κ3) is 3.55. The van der Waals surface area contributed by atoms with E-state index in [-0.39, 0.29) is 17.2 Å². The summed E-state index contributed by atoms with van der Waals surface area (Å²) in [5.41, 5.74) is 0. The third-order valence-corrected chi connectivity index (χ3v) is 4.33. The van der Waals surface area contributed by atoms with Crippen LogP contribution < -0.4 is 4.72 Å². The lowest BCUT2D eigenvalue weighted by Crippen LogP contribution is -2.28. The van der Waals surface area contributed by atoms with Crippen molar-refractivity contribution in [2.24, 2.45) is 0 Å².